The van der Waals surface area contributed by atoms with Gasteiger partial charge in [0.15, 0.2) is 5.17 Å². The summed E-state index contributed by atoms with van der Waals surface area (Å²) >= 11 is 13.2. The number of hydrogen-bond donors (Lipinski definition) is 0. The number of amidine groups is 1. The molecule has 1 aliphatic heterocycles. The van der Waals surface area contributed by atoms with E-state index in [2.05, 4.69) is 4.99 Å². The fraction of sp³-hybridized carbons (Fsp3) is 0.158. The normalized spacial score (nSPS) is 17.7. The molecule has 0 spiro atoms. The van der Waals surface area contributed by atoms with Crippen molar-refractivity contribution in [1.29, 1.82) is 0 Å². The Kier molecular flexibility index (Phi) is 5.84. The van der Waals surface area contributed by atoms with Crippen molar-refractivity contribution >= 4 is 57.8 Å². The first-order chi connectivity index (χ1) is 12.1. The fourth-order valence-electron chi connectivity index (χ4n) is 2.35. The first-order valence-corrected chi connectivity index (χ1v) is 9.45. The topological polar surface area (TPSA) is 32.7 Å². The summed E-state index contributed by atoms with van der Waals surface area (Å²) in [4.78, 5) is 19.7. The van der Waals surface area contributed by atoms with Crippen molar-refractivity contribution in [2.75, 3.05) is 6.54 Å². The van der Waals surface area contributed by atoms with Crippen LogP contribution >= 0.6 is 35.0 Å². The summed E-state index contributed by atoms with van der Waals surface area (Å²) in [7, 11) is 0. The summed E-state index contributed by atoms with van der Waals surface area (Å²) in [6.07, 6.45) is 2.73. The summed E-state index contributed by atoms with van der Waals surface area (Å²) in [6, 6.07) is 14.7. The van der Waals surface area contributed by atoms with Crippen molar-refractivity contribution in [3.8, 4) is 0 Å². The van der Waals surface area contributed by atoms with Crippen LogP contribution in [0, 0.1) is 0 Å². The van der Waals surface area contributed by atoms with Crippen molar-refractivity contribution < 1.29 is 4.79 Å². The maximum absolute atomic E-state index is 12.7. The standard InChI is InChI=1S/C19H16Cl2N2OS/c1-2-11-23-18(24)17(12-13-3-5-14(20)6-4-13)25-19(23)22-16-9-7-15(21)8-10-16/h3-10,12H,2,11H2,1H3/b17-12-,22-19?. The fourth-order valence-corrected chi connectivity index (χ4v) is 3.63. The van der Waals surface area contributed by atoms with Gasteiger partial charge in [-0.25, -0.2) is 4.99 Å². The molecule has 6 heteroatoms. The van der Waals surface area contributed by atoms with Gasteiger partial charge >= 0.3 is 0 Å². The van der Waals surface area contributed by atoms with Crippen LogP contribution in [0.2, 0.25) is 10.0 Å². The van der Waals surface area contributed by atoms with Gasteiger partial charge in [-0.3, -0.25) is 9.69 Å². The zero-order valence-electron chi connectivity index (χ0n) is 13.6. The van der Waals surface area contributed by atoms with Crippen LogP contribution in [-0.2, 0) is 4.79 Å². The van der Waals surface area contributed by atoms with Gasteiger partial charge in [-0.05, 0) is 66.2 Å². The first kappa shape index (κ1) is 18.1. The monoisotopic (exact) mass is 390 g/mol. The number of nitrogens with zero attached hydrogens (tertiary/aromatic N) is 2. The zero-order valence-corrected chi connectivity index (χ0v) is 15.9. The Balaban J connectivity index is 1.91. The van der Waals surface area contributed by atoms with Crippen LogP contribution in [-0.4, -0.2) is 22.5 Å². The lowest BCUT2D eigenvalue weighted by molar-refractivity contribution is -0.122. The van der Waals surface area contributed by atoms with E-state index in [0.717, 1.165) is 17.7 Å². The molecule has 0 N–H and O–H groups in total. The van der Waals surface area contributed by atoms with Crippen molar-refractivity contribution in [2.45, 2.75) is 13.3 Å². The lowest BCUT2D eigenvalue weighted by atomic mass is 10.2. The van der Waals surface area contributed by atoms with Gasteiger partial charge in [0.1, 0.15) is 0 Å². The van der Waals surface area contributed by atoms with Crippen LogP contribution in [0.1, 0.15) is 18.9 Å². The molecule has 0 radical (unpaired) electrons. The van der Waals surface area contributed by atoms with Crippen LogP contribution in [0.25, 0.3) is 6.08 Å². The smallest absolute Gasteiger partial charge is 0.266 e. The van der Waals surface area contributed by atoms with Gasteiger partial charge in [0.25, 0.3) is 5.91 Å². The quantitative estimate of drug-likeness (QED) is 0.598. The average Bonchev–Trinajstić information content (AvgIpc) is 2.88. The van der Waals surface area contributed by atoms with E-state index in [9.17, 15) is 4.79 Å². The molecule has 3 nitrogen and oxygen atoms in total. The largest absolute Gasteiger partial charge is 0.286 e. The van der Waals surface area contributed by atoms with E-state index in [1.807, 2.05) is 49.4 Å². The summed E-state index contributed by atoms with van der Waals surface area (Å²) in [5.74, 6) is -0.0190. The predicted octanol–water partition coefficient (Wildman–Crippen LogP) is 6.01. The van der Waals surface area contributed by atoms with E-state index < -0.39 is 0 Å². The van der Waals surface area contributed by atoms with Crippen molar-refractivity contribution in [1.82, 2.24) is 4.90 Å². The Bertz CT molecular complexity index is 830. The third kappa shape index (κ3) is 4.46. The van der Waals surface area contributed by atoms with Gasteiger partial charge in [-0.2, -0.15) is 0 Å². The SMILES string of the molecule is CCCN1C(=O)/C(=C/c2ccc(Cl)cc2)SC1=Nc1ccc(Cl)cc1. The number of rotatable bonds is 4. The Morgan fingerprint density at radius 1 is 1.04 bits per heavy atom. The van der Waals surface area contributed by atoms with E-state index in [1.165, 1.54) is 11.8 Å². The molecule has 0 saturated carbocycles. The highest BCUT2D eigenvalue weighted by Gasteiger charge is 2.32. The molecule has 0 unspecified atom stereocenters. The Morgan fingerprint density at radius 3 is 2.24 bits per heavy atom. The number of carbonyl (C=O) groups is 1. The Labute approximate surface area is 161 Å². The number of halogens is 2. The van der Waals surface area contributed by atoms with E-state index in [-0.39, 0.29) is 5.91 Å². The molecule has 0 aliphatic carbocycles. The maximum Gasteiger partial charge on any atom is 0.266 e. The molecule has 1 amide bonds. The highest BCUT2D eigenvalue weighted by atomic mass is 35.5. The molecule has 25 heavy (non-hydrogen) atoms. The van der Waals surface area contributed by atoms with Gasteiger partial charge in [0, 0.05) is 16.6 Å². The first-order valence-electron chi connectivity index (χ1n) is 7.88. The second kappa shape index (κ2) is 8.09. The van der Waals surface area contributed by atoms with E-state index in [1.54, 1.807) is 17.0 Å². The minimum atomic E-state index is -0.0190. The number of thioether (sulfide) groups is 1. The van der Waals surface area contributed by atoms with Crippen molar-refractivity contribution in [3.63, 3.8) is 0 Å². The van der Waals surface area contributed by atoms with Gasteiger partial charge in [-0.15, -0.1) is 0 Å². The molecule has 128 valence electrons. The predicted molar refractivity (Wildman–Crippen MR) is 108 cm³/mol. The highest BCUT2D eigenvalue weighted by molar-refractivity contribution is 8.18. The Morgan fingerprint density at radius 2 is 1.64 bits per heavy atom. The van der Waals surface area contributed by atoms with Gasteiger partial charge < -0.3 is 0 Å². The van der Waals surface area contributed by atoms with Gasteiger partial charge in [0.05, 0.1) is 10.6 Å². The molecule has 1 fully saturated rings. The lowest BCUT2D eigenvalue weighted by Gasteiger charge is -2.13. The Hall–Kier alpha value is -1.75. The van der Waals surface area contributed by atoms with E-state index >= 15 is 0 Å². The molecule has 0 aromatic heterocycles. The van der Waals surface area contributed by atoms with Crippen LogP contribution in [0.15, 0.2) is 58.4 Å². The number of amides is 1. The molecule has 1 heterocycles. The summed E-state index contributed by atoms with van der Waals surface area (Å²) in [6.45, 7) is 2.68. The molecule has 1 aliphatic rings. The third-order valence-corrected chi connectivity index (χ3v) is 5.07. The van der Waals surface area contributed by atoms with Crippen LogP contribution in [0.4, 0.5) is 5.69 Å². The van der Waals surface area contributed by atoms with Crippen LogP contribution < -0.4 is 0 Å². The third-order valence-electron chi connectivity index (χ3n) is 3.55. The minimum absolute atomic E-state index is 0.0190. The zero-order chi connectivity index (χ0) is 17.8. The molecule has 2 aromatic carbocycles. The van der Waals surface area contributed by atoms with Gasteiger partial charge in [0.2, 0.25) is 0 Å². The minimum Gasteiger partial charge on any atom is -0.286 e. The average molecular weight is 391 g/mol. The van der Waals surface area contributed by atoms with Crippen LogP contribution in [0.3, 0.4) is 0 Å². The van der Waals surface area contributed by atoms with Crippen LogP contribution in [0.5, 0.6) is 0 Å². The molecular weight excluding hydrogens is 375 g/mol. The highest BCUT2D eigenvalue weighted by Crippen LogP contribution is 2.34. The number of hydrogen-bond acceptors (Lipinski definition) is 3. The molecule has 0 bridgehead atoms. The molecule has 2 aromatic rings. The summed E-state index contributed by atoms with van der Waals surface area (Å²) in [5, 5.41) is 2.02. The van der Waals surface area contributed by atoms with Gasteiger partial charge in [-0.1, -0.05) is 42.3 Å². The van der Waals surface area contributed by atoms with Crippen molar-refractivity contribution in [2.24, 2.45) is 4.99 Å². The second-order valence-corrected chi connectivity index (χ2v) is 7.37. The lowest BCUT2D eigenvalue weighted by Crippen LogP contribution is -2.29. The molecule has 0 atom stereocenters. The summed E-state index contributed by atoms with van der Waals surface area (Å²) < 4.78 is 0. The summed E-state index contributed by atoms with van der Waals surface area (Å²) in [5.41, 5.74) is 1.71. The molecular formula is C19H16Cl2N2OS. The number of benzene rings is 2. The number of aliphatic imine (C=N–C) groups is 1. The second-order valence-electron chi connectivity index (χ2n) is 5.49. The maximum atomic E-state index is 12.7. The van der Waals surface area contributed by atoms with Crippen molar-refractivity contribution in [3.05, 3.63) is 69.0 Å². The molecule has 3 rings (SSSR count). The van der Waals surface area contributed by atoms with E-state index in [0.29, 0.717) is 26.7 Å². The van der Waals surface area contributed by atoms with E-state index in [4.69, 9.17) is 23.2 Å². The molecule has 1 saturated heterocycles. The number of carbonyl (C=O) groups excluding carboxylic acids is 1.